The first-order chi connectivity index (χ1) is 9.46. The minimum absolute atomic E-state index is 0.201. The van der Waals surface area contributed by atoms with E-state index < -0.39 is 11.4 Å². The molecule has 3 aliphatic rings. The van der Waals surface area contributed by atoms with Gasteiger partial charge in [-0.25, -0.2) is 0 Å². The molecule has 0 aromatic carbocycles. The standard InChI is InChI=1S/C15H25NO4/c1-16(10-3-11-20-2)12(17)14-4-7-15(8-5-14,9-6-14)13(18)19/h3-11H2,1-2H3,(H,18,19). The molecular formula is C15H25NO4. The van der Waals surface area contributed by atoms with E-state index in [4.69, 9.17) is 4.74 Å². The lowest BCUT2D eigenvalue weighted by Gasteiger charge is -2.51. The van der Waals surface area contributed by atoms with Crippen molar-refractivity contribution >= 4 is 11.9 Å². The summed E-state index contributed by atoms with van der Waals surface area (Å²) in [4.78, 5) is 25.9. The zero-order valence-electron chi connectivity index (χ0n) is 12.5. The second kappa shape index (κ2) is 5.72. The van der Waals surface area contributed by atoms with Crippen LogP contribution in [0.1, 0.15) is 44.9 Å². The quantitative estimate of drug-likeness (QED) is 0.756. The van der Waals surface area contributed by atoms with Crippen LogP contribution in [-0.4, -0.2) is 49.2 Å². The fourth-order valence-corrected chi connectivity index (χ4v) is 3.78. The van der Waals surface area contributed by atoms with Crippen LogP contribution >= 0.6 is 0 Å². The molecule has 5 heteroatoms. The molecule has 1 N–H and O–H groups in total. The molecule has 0 radical (unpaired) electrons. The molecule has 3 saturated carbocycles. The summed E-state index contributed by atoms with van der Waals surface area (Å²) in [6.07, 6.45) is 4.99. The van der Waals surface area contributed by atoms with E-state index in [1.165, 1.54) is 0 Å². The molecule has 0 aromatic rings. The van der Waals surface area contributed by atoms with Gasteiger partial charge < -0.3 is 14.7 Å². The molecule has 20 heavy (non-hydrogen) atoms. The van der Waals surface area contributed by atoms with Crippen LogP contribution in [-0.2, 0) is 14.3 Å². The number of amides is 1. The van der Waals surface area contributed by atoms with Gasteiger partial charge in [0.05, 0.1) is 5.41 Å². The minimum Gasteiger partial charge on any atom is -0.481 e. The van der Waals surface area contributed by atoms with Crippen LogP contribution in [0, 0.1) is 10.8 Å². The molecule has 3 rings (SSSR count). The second-order valence-electron chi connectivity index (χ2n) is 6.44. The predicted molar refractivity (Wildman–Crippen MR) is 74.3 cm³/mol. The van der Waals surface area contributed by atoms with E-state index in [1.54, 1.807) is 12.0 Å². The number of aliphatic carboxylic acids is 1. The van der Waals surface area contributed by atoms with Crippen LogP contribution in [0.4, 0.5) is 0 Å². The molecule has 0 aromatic heterocycles. The Morgan fingerprint density at radius 3 is 2.05 bits per heavy atom. The van der Waals surface area contributed by atoms with E-state index in [9.17, 15) is 14.7 Å². The normalized spacial score (nSPS) is 32.1. The largest absolute Gasteiger partial charge is 0.481 e. The minimum atomic E-state index is -0.674. The van der Waals surface area contributed by atoms with Gasteiger partial charge in [-0.05, 0) is 44.9 Å². The van der Waals surface area contributed by atoms with Crippen molar-refractivity contribution in [3.05, 3.63) is 0 Å². The Hall–Kier alpha value is -1.10. The molecule has 0 aliphatic heterocycles. The van der Waals surface area contributed by atoms with E-state index in [0.29, 0.717) is 32.4 Å². The number of carbonyl (C=O) groups excluding carboxylic acids is 1. The third kappa shape index (κ3) is 2.55. The summed E-state index contributed by atoms with van der Waals surface area (Å²) in [7, 11) is 3.51. The third-order valence-corrected chi connectivity index (χ3v) is 5.34. The molecule has 3 aliphatic carbocycles. The van der Waals surface area contributed by atoms with E-state index >= 15 is 0 Å². The molecule has 0 unspecified atom stereocenters. The number of rotatable bonds is 6. The first kappa shape index (κ1) is 15.3. The number of hydrogen-bond donors (Lipinski definition) is 1. The molecule has 5 nitrogen and oxygen atoms in total. The molecule has 3 fully saturated rings. The highest BCUT2D eigenvalue weighted by atomic mass is 16.5. The van der Waals surface area contributed by atoms with Crippen molar-refractivity contribution in [2.45, 2.75) is 44.9 Å². The molecular weight excluding hydrogens is 258 g/mol. The summed E-state index contributed by atoms with van der Waals surface area (Å²) in [5.74, 6) is -0.473. The van der Waals surface area contributed by atoms with Crippen molar-refractivity contribution < 1.29 is 19.4 Å². The molecule has 0 heterocycles. The first-order valence-electron chi connectivity index (χ1n) is 7.44. The number of ether oxygens (including phenoxy) is 1. The van der Waals surface area contributed by atoms with Gasteiger partial charge in [0.1, 0.15) is 0 Å². The monoisotopic (exact) mass is 283 g/mol. The summed E-state index contributed by atoms with van der Waals surface area (Å²) in [6.45, 7) is 1.37. The number of hydrogen-bond acceptors (Lipinski definition) is 3. The van der Waals surface area contributed by atoms with Gasteiger partial charge in [0.15, 0.2) is 0 Å². The van der Waals surface area contributed by atoms with Crippen LogP contribution in [0.5, 0.6) is 0 Å². The lowest BCUT2D eigenvalue weighted by Crippen LogP contribution is -2.52. The lowest BCUT2D eigenvalue weighted by molar-refractivity contribution is -0.166. The van der Waals surface area contributed by atoms with Crippen molar-refractivity contribution in [1.82, 2.24) is 4.90 Å². The van der Waals surface area contributed by atoms with Gasteiger partial charge in [0.25, 0.3) is 0 Å². The van der Waals surface area contributed by atoms with E-state index in [1.807, 2.05) is 7.05 Å². The van der Waals surface area contributed by atoms with Crippen molar-refractivity contribution in [2.24, 2.45) is 10.8 Å². The Morgan fingerprint density at radius 1 is 1.10 bits per heavy atom. The van der Waals surface area contributed by atoms with Gasteiger partial charge in [0.2, 0.25) is 5.91 Å². The van der Waals surface area contributed by atoms with Crippen LogP contribution < -0.4 is 0 Å². The van der Waals surface area contributed by atoms with Gasteiger partial charge >= 0.3 is 5.97 Å². The van der Waals surface area contributed by atoms with Crippen molar-refractivity contribution in [3.63, 3.8) is 0 Å². The number of fused-ring (bicyclic) bond motifs is 3. The molecule has 0 atom stereocenters. The van der Waals surface area contributed by atoms with Crippen molar-refractivity contribution in [1.29, 1.82) is 0 Å². The maximum Gasteiger partial charge on any atom is 0.309 e. The molecule has 2 bridgehead atoms. The summed E-state index contributed by atoms with van der Waals surface area (Å²) in [6, 6.07) is 0. The number of carboxylic acid groups (broad SMARTS) is 1. The lowest BCUT2D eigenvalue weighted by atomic mass is 9.53. The summed E-state index contributed by atoms with van der Waals surface area (Å²) in [5.41, 5.74) is -0.838. The molecule has 1 amide bonds. The number of nitrogens with zero attached hydrogens (tertiary/aromatic N) is 1. The fraction of sp³-hybridized carbons (Fsp3) is 0.867. The van der Waals surface area contributed by atoms with Crippen LogP contribution in [0.2, 0.25) is 0 Å². The number of carbonyl (C=O) groups is 2. The average molecular weight is 283 g/mol. The van der Waals surface area contributed by atoms with Gasteiger partial charge in [-0.2, -0.15) is 0 Å². The van der Waals surface area contributed by atoms with Gasteiger partial charge in [0, 0.05) is 32.7 Å². The highest BCUT2D eigenvalue weighted by Crippen LogP contribution is 2.57. The van der Waals surface area contributed by atoms with Gasteiger partial charge in [-0.15, -0.1) is 0 Å². The molecule has 0 saturated heterocycles. The Morgan fingerprint density at radius 2 is 1.60 bits per heavy atom. The maximum atomic E-state index is 12.7. The van der Waals surface area contributed by atoms with Crippen LogP contribution in [0.15, 0.2) is 0 Å². The zero-order valence-corrected chi connectivity index (χ0v) is 12.5. The zero-order chi connectivity index (χ0) is 14.8. The van der Waals surface area contributed by atoms with E-state index in [2.05, 4.69) is 0 Å². The van der Waals surface area contributed by atoms with Crippen molar-refractivity contribution in [3.8, 4) is 0 Å². The predicted octanol–water partition coefficient (Wildman–Crippen LogP) is 1.91. The van der Waals surface area contributed by atoms with Crippen LogP contribution in [0.3, 0.4) is 0 Å². The topological polar surface area (TPSA) is 66.8 Å². The van der Waals surface area contributed by atoms with E-state index in [-0.39, 0.29) is 11.3 Å². The smallest absolute Gasteiger partial charge is 0.309 e. The van der Waals surface area contributed by atoms with Gasteiger partial charge in [-0.3, -0.25) is 9.59 Å². The average Bonchev–Trinajstić information content (AvgIpc) is 2.48. The molecule has 114 valence electrons. The third-order valence-electron chi connectivity index (χ3n) is 5.34. The number of methoxy groups -OCH3 is 1. The summed E-state index contributed by atoms with van der Waals surface area (Å²) >= 11 is 0. The van der Waals surface area contributed by atoms with Gasteiger partial charge in [-0.1, -0.05) is 0 Å². The number of carboxylic acids is 1. The summed E-state index contributed by atoms with van der Waals surface area (Å²) in [5, 5.41) is 9.38. The maximum absolute atomic E-state index is 12.7. The Bertz CT molecular complexity index is 369. The van der Waals surface area contributed by atoms with Crippen molar-refractivity contribution in [2.75, 3.05) is 27.3 Å². The highest BCUT2D eigenvalue weighted by molar-refractivity contribution is 5.84. The second-order valence-corrected chi connectivity index (χ2v) is 6.44. The summed E-state index contributed by atoms with van der Waals surface area (Å²) < 4.78 is 5.01. The Labute approximate surface area is 120 Å². The highest BCUT2D eigenvalue weighted by Gasteiger charge is 2.56. The fourth-order valence-electron chi connectivity index (χ4n) is 3.78. The first-order valence-corrected chi connectivity index (χ1v) is 7.44. The molecule has 0 spiro atoms. The Kier molecular flexibility index (Phi) is 4.37. The van der Waals surface area contributed by atoms with E-state index in [0.717, 1.165) is 25.7 Å². The Balaban J connectivity index is 1.97. The van der Waals surface area contributed by atoms with Crippen LogP contribution in [0.25, 0.3) is 0 Å². The SMILES string of the molecule is COCCCN(C)C(=O)C12CCC(C(=O)O)(CC1)CC2.